The molecule has 2 heterocycles. The van der Waals surface area contributed by atoms with E-state index in [1.165, 1.54) is 5.56 Å². The maximum atomic E-state index is 5.39. The molecule has 0 unspecified atom stereocenters. The van der Waals surface area contributed by atoms with Crippen molar-refractivity contribution in [3.63, 3.8) is 0 Å². The third kappa shape index (κ3) is 5.34. The molecule has 0 saturated heterocycles. The molecule has 4 nitrogen and oxygen atoms in total. The normalized spacial score (nSPS) is 11.7. The van der Waals surface area contributed by atoms with E-state index in [1.807, 2.05) is 29.6 Å². The summed E-state index contributed by atoms with van der Waals surface area (Å²) in [5.74, 6) is 0.513. The Labute approximate surface area is 157 Å². The fraction of sp³-hybridized carbons (Fsp3) is 0.211. The third-order valence-electron chi connectivity index (χ3n) is 3.74. The van der Waals surface area contributed by atoms with E-state index in [4.69, 9.17) is 12.2 Å². The van der Waals surface area contributed by atoms with E-state index < -0.39 is 0 Å². The Hall–Kier alpha value is -2.31. The first-order chi connectivity index (χ1) is 12.2. The van der Waals surface area contributed by atoms with Crippen molar-refractivity contribution in [3.8, 4) is 10.6 Å². The summed E-state index contributed by atoms with van der Waals surface area (Å²) in [7, 11) is 0. The first-order valence-electron chi connectivity index (χ1n) is 8.19. The average molecular weight is 369 g/mol. The van der Waals surface area contributed by atoms with Crippen LogP contribution in [-0.2, 0) is 6.42 Å². The fourth-order valence-corrected chi connectivity index (χ4v) is 3.43. The molecule has 0 fully saturated rings. The number of benzene rings is 1. The maximum Gasteiger partial charge on any atom is 0.229 e. The van der Waals surface area contributed by atoms with E-state index in [0.29, 0.717) is 11.1 Å². The monoisotopic (exact) mass is 368 g/mol. The number of thiophene rings is 1. The highest BCUT2D eigenvalue weighted by Gasteiger charge is 2.08. The van der Waals surface area contributed by atoms with Crippen LogP contribution in [0.1, 0.15) is 18.9 Å². The van der Waals surface area contributed by atoms with Crippen LogP contribution >= 0.6 is 23.6 Å². The number of hydrogen-bond donors (Lipinski definition) is 2. The summed E-state index contributed by atoms with van der Waals surface area (Å²) in [6.45, 7) is 2.12. The Morgan fingerprint density at radius 1 is 1.16 bits per heavy atom. The highest BCUT2D eigenvalue weighted by molar-refractivity contribution is 7.80. The molecule has 0 radical (unpaired) electrons. The quantitative estimate of drug-likeness (QED) is 0.627. The predicted octanol–water partition coefficient (Wildman–Crippen LogP) is 4.51. The molecule has 128 valence electrons. The van der Waals surface area contributed by atoms with Crippen LogP contribution in [0.4, 0.5) is 5.95 Å². The van der Waals surface area contributed by atoms with E-state index in [2.05, 4.69) is 51.8 Å². The standard InChI is InChI=1S/C19H20N4S2/c1-14(9-10-15-6-3-2-4-7-15)21-19(24)23-18-20-12-11-16(22-18)17-8-5-13-25-17/h2-8,11-14H,9-10H2,1H3,(H2,20,21,22,23,24)/t14-/m1/s1. The minimum atomic E-state index is 0.265. The van der Waals surface area contributed by atoms with E-state index in [1.54, 1.807) is 17.5 Å². The van der Waals surface area contributed by atoms with Crippen molar-refractivity contribution in [2.75, 3.05) is 5.32 Å². The van der Waals surface area contributed by atoms with Gasteiger partial charge >= 0.3 is 0 Å². The third-order valence-corrected chi connectivity index (χ3v) is 4.85. The Bertz CT molecular complexity index is 803. The van der Waals surface area contributed by atoms with E-state index in [0.717, 1.165) is 23.4 Å². The van der Waals surface area contributed by atoms with Crippen LogP contribution in [0.3, 0.4) is 0 Å². The van der Waals surface area contributed by atoms with Crippen LogP contribution in [0.5, 0.6) is 0 Å². The first-order valence-corrected chi connectivity index (χ1v) is 9.48. The van der Waals surface area contributed by atoms with Gasteiger partial charge in [-0.1, -0.05) is 36.4 Å². The fourth-order valence-electron chi connectivity index (χ4n) is 2.44. The summed E-state index contributed by atoms with van der Waals surface area (Å²) >= 11 is 7.04. The van der Waals surface area contributed by atoms with Gasteiger partial charge < -0.3 is 10.6 Å². The second-order valence-corrected chi connectivity index (χ2v) is 7.12. The minimum Gasteiger partial charge on any atom is -0.360 e. The van der Waals surface area contributed by atoms with Gasteiger partial charge in [-0.25, -0.2) is 9.97 Å². The summed E-state index contributed by atoms with van der Waals surface area (Å²) in [6.07, 6.45) is 3.76. The zero-order valence-electron chi connectivity index (χ0n) is 14.0. The van der Waals surface area contributed by atoms with Gasteiger partial charge in [0.25, 0.3) is 0 Å². The first kappa shape index (κ1) is 17.5. The van der Waals surface area contributed by atoms with Crippen LogP contribution in [-0.4, -0.2) is 21.1 Å². The largest absolute Gasteiger partial charge is 0.360 e. The molecule has 3 aromatic rings. The van der Waals surface area contributed by atoms with Crippen molar-refractivity contribution < 1.29 is 0 Å². The molecule has 6 heteroatoms. The van der Waals surface area contributed by atoms with Gasteiger partial charge in [-0.2, -0.15) is 0 Å². The van der Waals surface area contributed by atoms with Crippen LogP contribution in [0.2, 0.25) is 0 Å². The van der Waals surface area contributed by atoms with Crippen LogP contribution in [0, 0.1) is 0 Å². The molecule has 2 N–H and O–H groups in total. The zero-order chi connectivity index (χ0) is 17.5. The molecule has 0 aliphatic heterocycles. The van der Waals surface area contributed by atoms with Crippen LogP contribution in [0.15, 0.2) is 60.1 Å². The number of anilines is 1. The second kappa shape index (κ2) is 8.69. The molecule has 0 aliphatic carbocycles. The SMILES string of the molecule is C[C@H](CCc1ccccc1)NC(=S)Nc1nccc(-c2cccs2)n1. The molecule has 0 amide bonds. The lowest BCUT2D eigenvalue weighted by Gasteiger charge is -2.16. The van der Waals surface area contributed by atoms with Gasteiger partial charge in [0, 0.05) is 12.2 Å². The molecule has 2 aromatic heterocycles. The van der Waals surface area contributed by atoms with E-state index in [9.17, 15) is 0 Å². The molecular weight excluding hydrogens is 348 g/mol. The summed E-state index contributed by atoms with van der Waals surface area (Å²) in [5, 5.41) is 8.95. The molecule has 25 heavy (non-hydrogen) atoms. The summed E-state index contributed by atoms with van der Waals surface area (Å²) in [4.78, 5) is 9.87. The lowest BCUT2D eigenvalue weighted by Crippen LogP contribution is -2.36. The Morgan fingerprint density at radius 2 is 2.00 bits per heavy atom. The summed E-state index contributed by atoms with van der Waals surface area (Å²) in [5.41, 5.74) is 2.23. The number of nitrogens with one attached hydrogen (secondary N) is 2. The number of aromatic nitrogens is 2. The molecule has 0 bridgehead atoms. The van der Waals surface area contributed by atoms with Crippen molar-refractivity contribution in [1.82, 2.24) is 15.3 Å². The van der Waals surface area contributed by atoms with Crippen LogP contribution < -0.4 is 10.6 Å². The number of aryl methyl sites for hydroxylation is 1. The smallest absolute Gasteiger partial charge is 0.229 e. The van der Waals surface area contributed by atoms with Crippen molar-refractivity contribution >= 4 is 34.6 Å². The minimum absolute atomic E-state index is 0.265. The molecule has 0 spiro atoms. The van der Waals surface area contributed by atoms with Crippen molar-refractivity contribution in [1.29, 1.82) is 0 Å². The van der Waals surface area contributed by atoms with Crippen molar-refractivity contribution in [3.05, 3.63) is 65.7 Å². The highest BCUT2D eigenvalue weighted by atomic mass is 32.1. The highest BCUT2D eigenvalue weighted by Crippen LogP contribution is 2.22. The van der Waals surface area contributed by atoms with Gasteiger partial charge in [0.05, 0.1) is 10.6 Å². The Morgan fingerprint density at radius 3 is 2.76 bits per heavy atom. The van der Waals surface area contributed by atoms with E-state index in [-0.39, 0.29) is 6.04 Å². The summed E-state index contributed by atoms with van der Waals surface area (Å²) < 4.78 is 0. The van der Waals surface area contributed by atoms with Gasteiger partial charge in [0.1, 0.15) is 0 Å². The number of nitrogens with zero attached hydrogens (tertiary/aromatic N) is 2. The molecule has 1 atom stereocenters. The van der Waals surface area contributed by atoms with Gasteiger partial charge in [-0.3, -0.25) is 0 Å². The Balaban J connectivity index is 1.51. The van der Waals surface area contributed by atoms with E-state index >= 15 is 0 Å². The topological polar surface area (TPSA) is 49.8 Å². The molecule has 0 saturated carbocycles. The average Bonchev–Trinajstić information content (AvgIpc) is 3.16. The van der Waals surface area contributed by atoms with Crippen molar-refractivity contribution in [2.45, 2.75) is 25.8 Å². The maximum absolute atomic E-state index is 5.39. The zero-order valence-corrected chi connectivity index (χ0v) is 15.6. The predicted molar refractivity (Wildman–Crippen MR) is 109 cm³/mol. The molecule has 0 aliphatic rings. The van der Waals surface area contributed by atoms with Gasteiger partial charge in [-0.05, 0) is 55.1 Å². The summed E-state index contributed by atoms with van der Waals surface area (Å²) in [6, 6.07) is 16.7. The Kier molecular flexibility index (Phi) is 6.09. The number of thiocarbonyl (C=S) groups is 1. The number of rotatable bonds is 6. The number of hydrogen-bond acceptors (Lipinski definition) is 4. The molecule has 3 rings (SSSR count). The van der Waals surface area contributed by atoms with Crippen molar-refractivity contribution in [2.24, 2.45) is 0 Å². The lowest BCUT2D eigenvalue weighted by atomic mass is 10.1. The van der Waals surface area contributed by atoms with Gasteiger partial charge in [0.15, 0.2) is 5.11 Å². The second-order valence-electron chi connectivity index (χ2n) is 5.77. The lowest BCUT2D eigenvalue weighted by molar-refractivity contribution is 0.609. The van der Waals surface area contributed by atoms with Gasteiger partial charge in [0.2, 0.25) is 5.95 Å². The molecule has 1 aromatic carbocycles. The van der Waals surface area contributed by atoms with Crippen LogP contribution in [0.25, 0.3) is 10.6 Å². The van der Waals surface area contributed by atoms with Gasteiger partial charge in [-0.15, -0.1) is 11.3 Å². The molecular formula is C19H20N4S2.